The molecule has 0 saturated heterocycles. The van der Waals surface area contributed by atoms with Gasteiger partial charge in [-0.25, -0.2) is 13.2 Å². The number of nitrogens with two attached hydrogens (primary N) is 2. The van der Waals surface area contributed by atoms with Gasteiger partial charge < -0.3 is 11.5 Å². The molecule has 1 unspecified atom stereocenters. The summed E-state index contributed by atoms with van der Waals surface area (Å²) in [7, 11) is 0. The Bertz CT molecular complexity index is 422. The van der Waals surface area contributed by atoms with E-state index < -0.39 is 17.5 Å². The first-order valence-electron chi connectivity index (χ1n) is 5.64. The van der Waals surface area contributed by atoms with E-state index in [2.05, 4.69) is 0 Å². The van der Waals surface area contributed by atoms with Gasteiger partial charge in [0.05, 0.1) is 0 Å². The standard InChI is InChI=1S/C12H15F3N2/c13-9-5-11(15)10(14)4-8(9)7-2-1-6(16)3-12(7)17/h4-7,12H,1-3,16-17H2/t6-,7+,12?/m0/s1. The third-order valence-corrected chi connectivity index (χ3v) is 3.38. The van der Waals surface area contributed by atoms with Crippen LogP contribution >= 0.6 is 0 Å². The van der Waals surface area contributed by atoms with Gasteiger partial charge in [0.15, 0.2) is 11.6 Å². The Kier molecular flexibility index (Phi) is 3.40. The lowest BCUT2D eigenvalue weighted by Crippen LogP contribution is -2.41. The molecule has 0 radical (unpaired) electrons. The molecular weight excluding hydrogens is 229 g/mol. The highest BCUT2D eigenvalue weighted by atomic mass is 19.2. The Balaban J connectivity index is 2.31. The van der Waals surface area contributed by atoms with Gasteiger partial charge in [-0.15, -0.1) is 0 Å². The molecule has 17 heavy (non-hydrogen) atoms. The van der Waals surface area contributed by atoms with Gasteiger partial charge in [0.2, 0.25) is 0 Å². The Morgan fingerprint density at radius 2 is 1.59 bits per heavy atom. The minimum Gasteiger partial charge on any atom is -0.328 e. The van der Waals surface area contributed by atoms with Crippen LogP contribution in [0, 0.1) is 17.5 Å². The van der Waals surface area contributed by atoms with E-state index in [0.29, 0.717) is 18.9 Å². The van der Waals surface area contributed by atoms with Gasteiger partial charge in [-0.3, -0.25) is 0 Å². The topological polar surface area (TPSA) is 52.0 Å². The van der Waals surface area contributed by atoms with Crippen molar-refractivity contribution in [2.24, 2.45) is 11.5 Å². The zero-order valence-electron chi connectivity index (χ0n) is 9.30. The van der Waals surface area contributed by atoms with Crippen LogP contribution in [0.2, 0.25) is 0 Å². The maximum Gasteiger partial charge on any atom is 0.161 e. The van der Waals surface area contributed by atoms with Gasteiger partial charge in [0, 0.05) is 24.1 Å². The normalized spacial score (nSPS) is 29.4. The minimum absolute atomic E-state index is 0.00889. The van der Waals surface area contributed by atoms with Crippen molar-refractivity contribution in [1.82, 2.24) is 0 Å². The van der Waals surface area contributed by atoms with Crippen LogP contribution in [0.25, 0.3) is 0 Å². The van der Waals surface area contributed by atoms with Crippen molar-refractivity contribution >= 4 is 0 Å². The molecule has 94 valence electrons. The zero-order valence-corrected chi connectivity index (χ0v) is 9.30. The fourth-order valence-electron chi connectivity index (χ4n) is 2.45. The number of benzene rings is 1. The molecule has 0 aliphatic heterocycles. The average Bonchev–Trinajstić information content (AvgIpc) is 2.24. The predicted molar refractivity (Wildman–Crippen MR) is 58.9 cm³/mol. The quantitative estimate of drug-likeness (QED) is 0.743. The van der Waals surface area contributed by atoms with E-state index in [1.165, 1.54) is 0 Å². The molecule has 3 atom stereocenters. The zero-order chi connectivity index (χ0) is 12.6. The second-order valence-corrected chi connectivity index (χ2v) is 4.63. The van der Waals surface area contributed by atoms with E-state index in [4.69, 9.17) is 11.5 Å². The van der Waals surface area contributed by atoms with Crippen molar-refractivity contribution in [3.8, 4) is 0 Å². The third-order valence-electron chi connectivity index (χ3n) is 3.38. The summed E-state index contributed by atoms with van der Waals surface area (Å²) in [5.41, 5.74) is 11.8. The summed E-state index contributed by atoms with van der Waals surface area (Å²) in [5, 5.41) is 0. The van der Waals surface area contributed by atoms with Crippen LogP contribution in [0.5, 0.6) is 0 Å². The van der Waals surface area contributed by atoms with Crippen molar-refractivity contribution in [2.75, 3.05) is 0 Å². The molecule has 5 heteroatoms. The van der Waals surface area contributed by atoms with Crippen LogP contribution in [0.15, 0.2) is 12.1 Å². The Morgan fingerprint density at radius 1 is 0.941 bits per heavy atom. The average molecular weight is 244 g/mol. The van der Waals surface area contributed by atoms with Crippen molar-refractivity contribution in [1.29, 1.82) is 0 Å². The van der Waals surface area contributed by atoms with Crippen LogP contribution in [0.4, 0.5) is 13.2 Å². The molecule has 1 fully saturated rings. The molecule has 1 aromatic rings. The second-order valence-electron chi connectivity index (χ2n) is 4.63. The van der Waals surface area contributed by atoms with Crippen molar-refractivity contribution in [3.63, 3.8) is 0 Å². The number of hydrogen-bond acceptors (Lipinski definition) is 2. The number of halogens is 3. The van der Waals surface area contributed by atoms with Gasteiger partial charge in [-0.1, -0.05) is 0 Å². The van der Waals surface area contributed by atoms with Crippen LogP contribution in [0.3, 0.4) is 0 Å². The highest BCUT2D eigenvalue weighted by Gasteiger charge is 2.30. The largest absolute Gasteiger partial charge is 0.328 e. The molecule has 4 N–H and O–H groups in total. The maximum atomic E-state index is 13.6. The molecular formula is C12H15F3N2. The summed E-state index contributed by atoms with van der Waals surface area (Å²) in [6, 6.07) is 1.19. The summed E-state index contributed by atoms with van der Waals surface area (Å²) in [6.45, 7) is 0. The highest BCUT2D eigenvalue weighted by Crippen LogP contribution is 2.33. The number of rotatable bonds is 1. The van der Waals surface area contributed by atoms with E-state index >= 15 is 0 Å². The summed E-state index contributed by atoms with van der Waals surface area (Å²) in [6.07, 6.45) is 1.89. The van der Waals surface area contributed by atoms with Crippen molar-refractivity contribution in [3.05, 3.63) is 35.1 Å². The van der Waals surface area contributed by atoms with E-state index in [9.17, 15) is 13.2 Å². The summed E-state index contributed by atoms with van der Waals surface area (Å²) < 4.78 is 39.5. The molecule has 1 aromatic carbocycles. The molecule has 0 bridgehead atoms. The van der Waals surface area contributed by atoms with Gasteiger partial charge >= 0.3 is 0 Å². The monoisotopic (exact) mass is 244 g/mol. The Labute approximate surface area is 97.8 Å². The van der Waals surface area contributed by atoms with Gasteiger partial charge in [-0.05, 0) is 30.9 Å². The lowest BCUT2D eigenvalue weighted by Gasteiger charge is -2.32. The number of hydrogen-bond donors (Lipinski definition) is 2. The maximum absolute atomic E-state index is 13.6. The van der Waals surface area contributed by atoms with Crippen LogP contribution in [-0.2, 0) is 0 Å². The molecule has 2 rings (SSSR count). The first kappa shape index (κ1) is 12.4. The van der Waals surface area contributed by atoms with E-state index in [0.717, 1.165) is 12.5 Å². The van der Waals surface area contributed by atoms with E-state index in [1.807, 2.05) is 0 Å². The van der Waals surface area contributed by atoms with Gasteiger partial charge in [-0.2, -0.15) is 0 Å². The molecule has 2 nitrogen and oxygen atoms in total. The van der Waals surface area contributed by atoms with Crippen molar-refractivity contribution < 1.29 is 13.2 Å². The Hall–Kier alpha value is -1.07. The van der Waals surface area contributed by atoms with E-state index in [1.54, 1.807) is 0 Å². The SMILES string of the molecule is NC1C[C@@H](N)CC[C@@H]1c1cc(F)c(F)cc1F. The molecule has 1 saturated carbocycles. The lowest BCUT2D eigenvalue weighted by atomic mass is 9.78. The first-order valence-corrected chi connectivity index (χ1v) is 5.64. The highest BCUT2D eigenvalue weighted by molar-refractivity contribution is 5.26. The second kappa shape index (κ2) is 4.66. The van der Waals surface area contributed by atoms with Crippen LogP contribution in [0.1, 0.15) is 30.7 Å². The van der Waals surface area contributed by atoms with Crippen molar-refractivity contribution in [2.45, 2.75) is 37.3 Å². The molecule has 1 aliphatic carbocycles. The molecule has 0 aromatic heterocycles. The first-order chi connectivity index (χ1) is 7.99. The summed E-state index contributed by atoms with van der Waals surface area (Å²) >= 11 is 0. The fourth-order valence-corrected chi connectivity index (χ4v) is 2.45. The molecule has 1 aliphatic rings. The smallest absolute Gasteiger partial charge is 0.161 e. The summed E-state index contributed by atoms with van der Waals surface area (Å²) in [4.78, 5) is 0. The predicted octanol–water partition coefficient (Wildman–Crippen LogP) is 2.03. The van der Waals surface area contributed by atoms with E-state index in [-0.39, 0.29) is 23.6 Å². The van der Waals surface area contributed by atoms with Crippen LogP contribution in [-0.4, -0.2) is 12.1 Å². The van der Waals surface area contributed by atoms with Crippen LogP contribution < -0.4 is 11.5 Å². The van der Waals surface area contributed by atoms with Gasteiger partial charge in [0.1, 0.15) is 5.82 Å². The molecule has 0 spiro atoms. The fraction of sp³-hybridized carbons (Fsp3) is 0.500. The Morgan fingerprint density at radius 3 is 2.24 bits per heavy atom. The third kappa shape index (κ3) is 2.45. The molecule has 0 amide bonds. The lowest BCUT2D eigenvalue weighted by molar-refractivity contribution is 0.338. The summed E-state index contributed by atoms with van der Waals surface area (Å²) in [5.74, 6) is -3.24. The minimum atomic E-state index is -1.17. The van der Waals surface area contributed by atoms with Gasteiger partial charge in [0.25, 0.3) is 0 Å². The molecule has 0 heterocycles.